The number of methoxy groups -OCH3 is 1. The van der Waals surface area contributed by atoms with E-state index in [4.69, 9.17) is 17.0 Å². The fourth-order valence-corrected chi connectivity index (χ4v) is 3.66. The SMILES string of the molecule is COc1ccc2[nH]c(=O)c(CN(Cc3ccc(F)cc3)C(=S)Nc3ccccc3)cc2c1. The number of hydrogen-bond donors (Lipinski definition) is 2. The summed E-state index contributed by atoms with van der Waals surface area (Å²) in [6.07, 6.45) is 0. The van der Waals surface area contributed by atoms with Crippen LogP contribution in [0.25, 0.3) is 10.9 Å². The second kappa shape index (κ2) is 9.62. The van der Waals surface area contributed by atoms with Crippen molar-refractivity contribution in [3.8, 4) is 5.75 Å². The largest absolute Gasteiger partial charge is 0.497 e. The predicted octanol–water partition coefficient (Wildman–Crippen LogP) is 5.08. The Balaban J connectivity index is 1.65. The van der Waals surface area contributed by atoms with Gasteiger partial charge in [-0.25, -0.2) is 4.39 Å². The highest BCUT2D eigenvalue weighted by Gasteiger charge is 2.15. The van der Waals surface area contributed by atoms with Gasteiger partial charge in [0.2, 0.25) is 0 Å². The van der Waals surface area contributed by atoms with Crippen molar-refractivity contribution in [1.82, 2.24) is 9.88 Å². The lowest BCUT2D eigenvalue weighted by molar-refractivity contribution is 0.410. The molecule has 0 aliphatic carbocycles. The van der Waals surface area contributed by atoms with Gasteiger partial charge in [0.1, 0.15) is 11.6 Å². The Morgan fingerprint density at radius 2 is 1.78 bits per heavy atom. The fraction of sp³-hybridized carbons (Fsp3) is 0.120. The third-order valence-corrected chi connectivity index (χ3v) is 5.45. The molecule has 162 valence electrons. The second-order valence-electron chi connectivity index (χ2n) is 7.36. The third-order valence-electron chi connectivity index (χ3n) is 5.09. The van der Waals surface area contributed by atoms with Crippen LogP contribution in [0.15, 0.2) is 83.7 Å². The van der Waals surface area contributed by atoms with Crippen LogP contribution in [0.1, 0.15) is 11.1 Å². The number of hydrogen-bond acceptors (Lipinski definition) is 3. The summed E-state index contributed by atoms with van der Waals surface area (Å²) >= 11 is 5.67. The van der Waals surface area contributed by atoms with E-state index < -0.39 is 0 Å². The zero-order valence-corrected chi connectivity index (χ0v) is 18.3. The molecule has 0 saturated carbocycles. The minimum absolute atomic E-state index is 0.186. The lowest BCUT2D eigenvalue weighted by Gasteiger charge is -2.26. The van der Waals surface area contributed by atoms with Crippen molar-refractivity contribution >= 4 is 33.9 Å². The summed E-state index contributed by atoms with van der Waals surface area (Å²) in [6.45, 7) is 0.688. The molecule has 0 fully saturated rings. The van der Waals surface area contributed by atoms with Crippen molar-refractivity contribution < 1.29 is 9.13 Å². The number of pyridine rings is 1. The number of aromatic amines is 1. The average Bonchev–Trinajstić information content (AvgIpc) is 2.80. The van der Waals surface area contributed by atoms with Crippen molar-refractivity contribution in [3.63, 3.8) is 0 Å². The summed E-state index contributed by atoms with van der Waals surface area (Å²) in [5, 5.41) is 4.55. The quantitative estimate of drug-likeness (QED) is 0.404. The molecule has 32 heavy (non-hydrogen) atoms. The van der Waals surface area contributed by atoms with Gasteiger partial charge in [-0.05, 0) is 66.3 Å². The van der Waals surface area contributed by atoms with Crippen molar-refractivity contribution in [3.05, 3.63) is 106 Å². The molecule has 0 unspecified atom stereocenters. The summed E-state index contributed by atoms with van der Waals surface area (Å²) in [6, 6.07) is 23.2. The molecular weight excluding hydrogens is 425 g/mol. The number of fused-ring (bicyclic) bond motifs is 1. The highest BCUT2D eigenvalue weighted by Crippen LogP contribution is 2.20. The van der Waals surface area contributed by atoms with E-state index in [0.717, 1.165) is 22.2 Å². The zero-order valence-electron chi connectivity index (χ0n) is 17.5. The molecule has 0 amide bonds. The molecule has 4 aromatic rings. The van der Waals surface area contributed by atoms with E-state index in [9.17, 15) is 9.18 Å². The number of aromatic nitrogens is 1. The van der Waals surface area contributed by atoms with Crippen molar-refractivity contribution in [2.45, 2.75) is 13.1 Å². The molecule has 1 heterocycles. The number of thiocarbonyl (C=S) groups is 1. The molecule has 1 aromatic heterocycles. The summed E-state index contributed by atoms with van der Waals surface area (Å²) in [4.78, 5) is 17.6. The Kier molecular flexibility index (Phi) is 6.47. The van der Waals surface area contributed by atoms with Gasteiger partial charge in [0.25, 0.3) is 5.56 Å². The molecule has 4 rings (SSSR count). The van der Waals surface area contributed by atoms with Crippen LogP contribution in [0, 0.1) is 5.82 Å². The van der Waals surface area contributed by atoms with E-state index in [1.54, 1.807) is 25.3 Å². The Bertz CT molecular complexity index is 1290. The first-order chi connectivity index (χ1) is 15.5. The smallest absolute Gasteiger partial charge is 0.253 e. The van der Waals surface area contributed by atoms with Crippen LogP contribution < -0.4 is 15.6 Å². The Morgan fingerprint density at radius 1 is 1.03 bits per heavy atom. The highest BCUT2D eigenvalue weighted by atomic mass is 32.1. The van der Waals surface area contributed by atoms with Gasteiger partial charge in [-0.3, -0.25) is 4.79 Å². The fourth-order valence-electron chi connectivity index (χ4n) is 3.41. The molecule has 7 heteroatoms. The molecule has 0 aliphatic rings. The van der Waals surface area contributed by atoms with Gasteiger partial charge in [0.15, 0.2) is 5.11 Å². The van der Waals surface area contributed by atoms with Gasteiger partial charge in [-0.2, -0.15) is 0 Å². The van der Waals surface area contributed by atoms with Crippen LogP contribution in [0.3, 0.4) is 0 Å². The number of H-pyrrole nitrogens is 1. The summed E-state index contributed by atoms with van der Waals surface area (Å²) in [5.41, 5.74) is 2.83. The maximum atomic E-state index is 13.4. The van der Waals surface area contributed by atoms with Crippen molar-refractivity contribution in [1.29, 1.82) is 0 Å². The number of halogens is 1. The Labute approximate surface area is 190 Å². The maximum Gasteiger partial charge on any atom is 0.253 e. The van der Waals surface area contributed by atoms with Crippen LogP contribution in [0.2, 0.25) is 0 Å². The molecular formula is C25H22FN3O2S. The molecule has 0 saturated heterocycles. The molecule has 5 nitrogen and oxygen atoms in total. The lowest BCUT2D eigenvalue weighted by atomic mass is 10.1. The van der Waals surface area contributed by atoms with Gasteiger partial charge >= 0.3 is 0 Å². The molecule has 0 aliphatic heterocycles. The monoisotopic (exact) mass is 447 g/mol. The van der Waals surface area contributed by atoms with Crippen molar-refractivity contribution in [2.75, 3.05) is 12.4 Å². The lowest BCUT2D eigenvalue weighted by Crippen LogP contribution is -2.35. The molecule has 0 atom stereocenters. The van der Waals surface area contributed by atoms with E-state index in [1.165, 1.54) is 12.1 Å². The normalized spacial score (nSPS) is 10.7. The number of ether oxygens (including phenoxy) is 1. The van der Waals surface area contributed by atoms with Gasteiger partial charge in [0.05, 0.1) is 13.7 Å². The van der Waals surface area contributed by atoms with Crippen LogP contribution in [-0.4, -0.2) is 22.1 Å². The zero-order chi connectivity index (χ0) is 22.5. The molecule has 0 spiro atoms. The number of benzene rings is 3. The molecule has 2 N–H and O–H groups in total. The van der Waals surface area contributed by atoms with Crippen molar-refractivity contribution in [2.24, 2.45) is 0 Å². The summed E-state index contributed by atoms with van der Waals surface area (Å²) in [5.74, 6) is 0.408. The number of nitrogens with zero attached hydrogens (tertiary/aromatic N) is 1. The third kappa shape index (κ3) is 5.12. The predicted molar refractivity (Wildman–Crippen MR) is 129 cm³/mol. The number of anilines is 1. The maximum absolute atomic E-state index is 13.4. The van der Waals surface area contributed by atoms with Gasteiger partial charge in [-0.15, -0.1) is 0 Å². The van der Waals surface area contributed by atoms with E-state index in [2.05, 4.69) is 10.3 Å². The van der Waals surface area contributed by atoms with E-state index in [0.29, 0.717) is 23.0 Å². The minimum Gasteiger partial charge on any atom is -0.497 e. The average molecular weight is 448 g/mol. The number of nitrogens with one attached hydrogen (secondary N) is 2. The van der Waals surface area contributed by atoms with Crippen LogP contribution >= 0.6 is 12.2 Å². The van der Waals surface area contributed by atoms with Gasteiger partial charge < -0.3 is 19.9 Å². The topological polar surface area (TPSA) is 57.4 Å². The Hall–Kier alpha value is -3.71. The molecule has 0 radical (unpaired) electrons. The summed E-state index contributed by atoms with van der Waals surface area (Å²) in [7, 11) is 1.60. The summed E-state index contributed by atoms with van der Waals surface area (Å²) < 4.78 is 18.7. The van der Waals surface area contributed by atoms with Crippen LogP contribution in [0.5, 0.6) is 5.75 Å². The van der Waals surface area contributed by atoms with Crippen LogP contribution in [0.4, 0.5) is 10.1 Å². The first kappa shape index (κ1) is 21.5. The molecule has 3 aromatic carbocycles. The van der Waals surface area contributed by atoms with Gasteiger partial charge in [0, 0.05) is 28.7 Å². The van der Waals surface area contributed by atoms with E-state index in [1.807, 2.05) is 53.4 Å². The second-order valence-corrected chi connectivity index (χ2v) is 7.74. The minimum atomic E-state index is -0.301. The van der Waals surface area contributed by atoms with Crippen LogP contribution in [-0.2, 0) is 13.1 Å². The first-order valence-electron chi connectivity index (χ1n) is 10.1. The number of rotatable bonds is 6. The van der Waals surface area contributed by atoms with E-state index in [-0.39, 0.29) is 17.9 Å². The molecule has 0 bridgehead atoms. The van der Waals surface area contributed by atoms with E-state index >= 15 is 0 Å². The Morgan fingerprint density at radius 3 is 2.50 bits per heavy atom. The van der Waals surface area contributed by atoms with Gasteiger partial charge in [-0.1, -0.05) is 30.3 Å². The number of para-hydroxylation sites is 1. The highest BCUT2D eigenvalue weighted by molar-refractivity contribution is 7.80. The first-order valence-corrected chi connectivity index (χ1v) is 10.5. The standard InChI is InChI=1S/C25H22FN3O2S/c1-31-22-11-12-23-18(14-22)13-19(24(30)28-23)16-29(15-17-7-9-20(26)10-8-17)25(32)27-21-5-3-2-4-6-21/h2-14H,15-16H2,1H3,(H,27,32)(H,28,30).